The fourth-order valence-electron chi connectivity index (χ4n) is 3.95. The minimum atomic E-state index is 0.806. The molecule has 0 radical (unpaired) electrons. The number of rotatable bonds is 6. The highest BCUT2D eigenvalue weighted by molar-refractivity contribution is 4.88. The van der Waals surface area contributed by atoms with E-state index in [9.17, 15) is 0 Å². The second kappa shape index (κ2) is 6.41. The highest BCUT2D eigenvalue weighted by Gasteiger charge is 2.34. The molecular formula is C17H33N. The Morgan fingerprint density at radius 2 is 1.56 bits per heavy atom. The molecule has 0 aromatic rings. The lowest BCUT2D eigenvalue weighted by Crippen LogP contribution is -2.39. The Morgan fingerprint density at radius 3 is 2.11 bits per heavy atom. The maximum Gasteiger partial charge on any atom is 0.00699 e. The maximum atomic E-state index is 3.90. The third kappa shape index (κ3) is 3.98. The molecule has 0 aromatic carbocycles. The molecule has 106 valence electrons. The van der Waals surface area contributed by atoms with Gasteiger partial charge in [-0.3, -0.25) is 0 Å². The summed E-state index contributed by atoms with van der Waals surface area (Å²) in [4.78, 5) is 0. The van der Waals surface area contributed by atoms with Crippen LogP contribution >= 0.6 is 0 Å². The van der Waals surface area contributed by atoms with Crippen molar-refractivity contribution in [2.24, 2.45) is 29.6 Å². The van der Waals surface area contributed by atoms with E-state index in [1.165, 1.54) is 45.1 Å². The molecule has 1 heteroatoms. The first-order chi connectivity index (χ1) is 8.58. The molecular weight excluding hydrogens is 218 g/mol. The molecule has 0 aromatic heterocycles. The summed E-state index contributed by atoms with van der Waals surface area (Å²) in [5.41, 5.74) is 0. The monoisotopic (exact) mass is 251 g/mol. The summed E-state index contributed by atoms with van der Waals surface area (Å²) in [5, 5.41) is 3.90. The second-order valence-electron chi connectivity index (χ2n) is 7.52. The zero-order valence-electron chi connectivity index (χ0n) is 12.9. The highest BCUT2D eigenvalue weighted by Crippen LogP contribution is 2.43. The molecule has 2 atom stereocenters. The number of hydrogen-bond donors (Lipinski definition) is 1. The van der Waals surface area contributed by atoms with Gasteiger partial charge in [0.1, 0.15) is 0 Å². The van der Waals surface area contributed by atoms with E-state index in [4.69, 9.17) is 0 Å². The second-order valence-corrected chi connectivity index (χ2v) is 7.52. The van der Waals surface area contributed by atoms with Gasteiger partial charge in [-0.2, -0.15) is 0 Å². The fraction of sp³-hybridized carbons (Fsp3) is 1.00. The number of hydrogen-bond acceptors (Lipinski definition) is 1. The van der Waals surface area contributed by atoms with Crippen LogP contribution in [0.1, 0.15) is 66.2 Å². The van der Waals surface area contributed by atoms with Crippen molar-refractivity contribution in [1.82, 2.24) is 5.32 Å². The van der Waals surface area contributed by atoms with E-state index in [2.05, 4.69) is 33.0 Å². The van der Waals surface area contributed by atoms with Crippen LogP contribution in [-0.4, -0.2) is 12.6 Å². The van der Waals surface area contributed by atoms with Crippen LogP contribution in [0.5, 0.6) is 0 Å². The van der Waals surface area contributed by atoms with Gasteiger partial charge in [0.25, 0.3) is 0 Å². The van der Waals surface area contributed by atoms with E-state index in [1.54, 1.807) is 0 Å². The first-order valence-corrected chi connectivity index (χ1v) is 8.31. The fourth-order valence-corrected chi connectivity index (χ4v) is 3.95. The van der Waals surface area contributed by atoms with E-state index in [0.717, 1.165) is 35.6 Å². The van der Waals surface area contributed by atoms with Gasteiger partial charge in [-0.25, -0.2) is 0 Å². The Bertz CT molecular complexity index is 234. The highest BCUT2D eigenvalue weighted by atomic mass is 14.9. The SMILES string of the molecule is CC(C)C(CNC1CCCC(C2CC2)C1)C(C)C. The van der Waals surface area contributed by atoms with E-state index >= 15 is 0 Å². The molecule has 0 heterocycles. The molecule has 18 heavy (non-hydrogen) atoms. The first kappa shape index (κ1) is 14.4. The van der Waals surface area contributed by atoms with Crippen LogP contribution in [-0.2, 0) is 0 Å². The molecule has 2 unspecified atom stereocenters. The van der Waals surface area contributed by atoms with Crippen molar-refractivity contribution in [3.8, 4) is 0 Å². The Kier molecular flexibility index (Phi) is 5.12. The molecule has 1 nitrogen and oxygen atoms in total. The lowest BCUT2D eigenvalue weighted by molar-refractivity contribution is 0.221. The van der Waals surface area contributed by atoms with E-state index in [1.807, 2.05) is 0 Å². The van der Waals surface area contributed by atoms with Crippen molar-refractivity contribution in [3.63, 3.8) is 0 Å². The first-order valence-electron chi connectivity index (χ1n) is 8.31. The van der Waals surface area contributed by atoms with Crippen LogP contribution in [0.2, 0.25) is 0 Å². The minimum absolute atomic E-state index is 0.806. The molecule has 0 aliphatic heterocycles. The Hall–Kier alpha value is -0.0400. The molecule has 2 rings (SSSR count). The van der Waals surface area contributed by atoms with Crippen LogP contribution in [0.4, 0.5) is 0 Å². The average molecular weight is 251 g/mol. The Balaban J connectivity index is 1.74. The van der Waals surface area contributed by atoms with E-state index in [-0.39, 0.29) is 0 Å². The standard InChI is InChI=1S/C17H33N/c1-12(2)17(13(3)4)11-18-16-7-5-6-15(10-16)14-8-9-14/h12-18H,5-11H2,1-4H3. The van der Waals surface area contributed by atoms with Gasteiger partial charge in [-0.05, 0) is 61.8 Å². The number of nitrogens with one attached hydrogen (secondary N) is 1. The average Bonchev–Trinajstić information content (AvgIpc) is 3.12. The van der Waals surface area contributed by atoms with E-state index < -0.39 is 0 Å². The molecule has 2 saturated carbocycles. The summed E-state index contributed by atoms with van der Waals surface area (Å²) in [6, 6.07) is 0.823. The van der Waals surface area contributed by atoms with Crippen LogP contribution < -0.4 is 5.32 Å². The third-order valence-electron chi connectivity index (χ3n) is 5.36. The molecule has 0 spiro atoms. The van der Waals surface area contributed by atoms with Gasteiger partial charge in [0.15, 0.2) is 0 Å². The summed E-state index contributed by atoms with van der Waals surface area (Å²) >= 11 is 0. The zero-order chi connectivity index (χ0) is 13.1. The van der Waals surface area contributed by atoms with Crippen molar-refractivity contribution < 1.29 is 0 Å². The molecule has 2 fully saturated rings. The van der Waals surface area contributed by atoms with Gasteiger partial charge < -0.3 is 5.32 Å². The van der Waals surface area contributed by atoms with Crippen molar-refractivity contribution in [2.75, 3.05) is 6.54 Å². The summed E-state index contributed by atoms with van der Waals surface area (Å²) in [6.45, 7) is 10.7. The topological polar surface area (TPSA) is 12.0 Å². The Morgan fingerprint density at radius 1 is 0.889 bits per heavy atom. The van der Waals surface area contributed by atoms with Crippen LogP contribution in [0, 0.1) is 29.6 Å². The molecule has 2 aliphatic carbocycles. The largest absolute Gasteiger partial charge is 0.314 e. The quantitative estimate of drug-likeness (QED) is 0.734. The van der Waals surface area contributed by atoms with Crippen molar-refractivity contribution >= 4 is 0 Å². The van der Waals surface area contributed by atoms with Crippen molar-refractivity contribution in [3.05, 3.63) is 0 Å². The predicted molar refractivity (Wildman–Crippen MR) is 79.6 cm³/mol. The molecule has 0 bridgehead atoms. The lowest BCUT2D eigenvalue weighted by atomic mass is 9.81. The van der Waals surface area contributed by atoms with Gasteiger partial charge in [0, 0.05) is 6.04 Å². The van der Waals surface area contributed by atoms with Gasteiger partial charge in [0.2, 0.25) is 0 Å². The summed E-state index contributed by atoms with van der Waals surface area (Å²) in [6.07, 6.45) is 8.92. The minimum Gasteiger partial charge on any atom is -0.314 e. The lowest BCUT2D eigenvalue weighted by Gasteiger charge is -2.33. The van der Waals surface area contributed by atoms with Crippen LogP contribution in [0.15, 0.2) is 0 Å². The van der Waals surface area contributed by atoms with Gasteiger partial charge in [-0.1, -0.05) is 40.5 Å². The summed E-state index contributed by atoms with van der Waals surface area (Å²) in [5.74, 6) is 4.63. The van der Waals surface area contributed by atoms with Crippen LogP contribution in [0.25, 0.3) is 0 Å². The van der Waals surface area contributed by atoms with Crippen LogP contribution in [0.3, 0.4) is 0 Å². The smallest absolute Gasteiger partial charge is 0.00699 e. The summed E-state index contributed by atoms with van der Waals surface area (Å²) in [7, 11) is 0. The summed E-state index contributed by atoms with van der Waals surface area (Å²) < 4.78 is 0. The molecule has 0 saturated heterocycles. The van der Waals surface area contributed by atoms with Gasteiger partial charge >= 0.3 is 0 Å². The molecule has 1 N–H and O–H groups in total. The Labute approximate surface area is 114 Å². The molecule has 2 aliphatic rings. The normalized spacial score (nSPS) is 29.5. The zero-order valence-corrected chi connectivity index (χ0v) is 12.9. The van der Waals surface area contributed by atoms with Crippen molar-refractivity contribution in [1.29, 1.82) is 0 Å². The van der Waals surface area contributed by atoms with E-state index in [0.29, 0.717) is 0 Å². The molecule has 0 amide bonds. The third-order valence-corrected chi connectivity index (χ3v) is 5.36. The van der Waals surface area contributed by atoms with Gasteiger partial charge in [0.05, 0.1) is 0 Å². The van der Waals surface area contributed by atoms with Gasteiger partial charge in [-0.15, -0.1) is 0 Å². The van der Waals surface area contributed by atoms with Crippen molar-refractivity contribution in [2.45, 2.75) is 72.3 Å². The predicted octanol–water partition coefficient (Wildman–Crippen LogP) is 4.47. The maximum absolute atomic E-state index is 3.90.